The van der Waals surface area contributed by atoms with Crippen LogP contribution in [-0.2, 0) is 5.75 Å². The molecule has 7 heteroatoms. The molecule has 2 aromatic carbocycles. The summed E-state index contributed by atoms with van der Waals surface area (Å²) in [5.41, 5.74) is 4.31. The number of halogens is 1. The highest BCUT2D eigenvalue weighted by Gasteiger charge is 2.12. The lowest BCUT2D eigenvalue weighted by molar-refractivity contribution is 0.559. The Kier molecular flexibility index (Phi) is 4.76. The molecular weight excluding hydrogens is 382 g/mol. The maximum Gasteiger partial charge on any atom is 0.336 e. The van der Waals surface area contributed by atoms with E-state index in [1.807, 2.05) is 48.7 Å². The molecule has 0 saturated heterocycles. The van der Waals surface area contributed by atoms with Gasteiger partial charge in [-0.05, 0) is 60.9 Å². The zero-order chi connectivity index (χ0) is 19.0. The molecule has 0 atom stereocenters. The molecule has 0 aliphatic rings. The van der Waals surface area contributed by atoms with Crippen LogP contribution in [-0.4, -0.2) is 14.8 Å². The van der Waals surface area contributed by atoms with Gasteiger partial charge in [0, 0.05) is 22.2 Å². The SMILES string of the molecule is Cc1cc2oc(=O)cc(CSc3nncn3-c3cccc(Cl)c3)c2cc1C. The zero-order valence-corrected chi connectivity index (χ0v) is 16.3. The molecule has 2 aromatic heterocycles. The predicted octanol–water partition coefficient (Wildman–Crippen LogP) is 4.94. The van der Waals surface area contributed by atoms with Crippen molar-refractivity contribution < 1.29 is 4.42 Å². The summed E-state index contributed by atoms with van der Waals surface area (Å²) in [6, 6.07) is 13.0. The monoisotopic (exact) mass is 397 g/mol. The predicted molar refractivity (Wildman–Crippen MR) is 108 cm³/mol. The Bertz CT molecular complexity index is 1200. The summed E-state index contributed by atoms with van der Waals surface area (Å²) in [5.74, 6) is 0.573. The van der Waals surface area contributed by atoms with Crippen LogP contribution in [0.5, 0.6) is 0 Å². The van der Waals surface area contributed by atoms with E-state index in [2.05, 4.69) is 16.3 Å². The first-order chi connectivity index (χ1) is 13.0. The molecule has 2 heterocycles. The van der Waals surface area contributed by atoms with Gasteiger partial charge >= 0.3 is 5.63 Å². The molecule has 27 heavy (non-hydrogen) atoms. The Morgan fingerprint density at radius 1 is 1.15 bits per heavy atom. The molecule has 5 nitrogen and oxygen atoms in total. The van der Waals surface area contributed by atoms with Crippen LogP contribution in [0.4, 0.5) is 0 Å². The zero-order valence-electron chi connectivity index (χ0n) is 14.8. The number of thioether (sulfide) groups is 1. The Morgan fingerprint density at radius 2 is 1.96 bits per heavy atom. The molecule has 0 amide bonds. The van der Waals surface area contributed by atoms with E-state index < -0.39 is 0 Å². The third kappa shape index (κ3) is 3.63. The molecule has 0 saturated carbocycles. The fraction of sp³-hybridized carbons (Fsp3) is 0.150. The number of nitrogens with zero attached hydrogens (tertiary/aromatic N) is 3. The molecule has 0 aliphatic heterocycles. The smallest absolute Gasteiger partial charge is 0.336 e. The molecule has 4 aromatic rings. The van der Waals surface area contributed by atoms with Gasteiger partial charge in [-0.2, -0.15) is 0 Å². The molecule has 0 radical (unpaired) electrons. The van der Waals surface area contributed by atoms with Crippen molar-refractivity contribution in [3.63, 3.8) is 0 Å². The van der Waals surface area contributed by atoms with Crippen molar-refractivity contribution >= 4 is 34.3 Å². The summed E-state index contributed by atoms with van der Waals surface area (Å²) in [5, 5.41) is 10.5. The van der Waals surface area contributed by atoms with E-state index in [1.54, 1.807) is 12.4 Å². The van der Waals surface area contributed by atoms with Crippen molar-refractivity contribution in [2.45, 2.75) is 24.8 Å². The number of benzene rings is 2. The summed E-state index contributed by atoms with van der Waals surface area (Å²) >= 11 is 7.60. The molecule has 136 valence electrons. The van der Waals surface area contributed by atoms with E-state index in [4.69, 9.17) is 16.0 Å². The van der Waals surface area contributed by atoms with E-state index in [9.17, 15) is 4.79 Å². The Balaban J connectivity index is 1.68. The van der Waals surface area contributed by atoms with Crippen molar-refractivity contribution in [1.29, 1.82) is 0 Å². The topological polar surface area (TPSA) is 60.9 Å². The minimum Gasteiger partial charge on any atom is -0.423 e. The van der Waals surface area contributed by atoms with Crippen molar-refractivity contribution in [3.05, 3.63) is 80.9 Å². The highest BCUT2D eigenvalue weighted by Crippen LogP contribution is 2.28. The lowest BCUT2D eigenvalue weighted by Gasteiger charge is -2.09. The largest absolute Gasteiger partial charge is 0.423 e. The van der Waals surface area contributed by atoms with E-state index in [1.165, 1.54) is 11.8 Å². The number of hydrogen-bond acceptors (Lipinski definition) is 5. The second kappa shape index (κ2) is 7.21. The number of hydrogen-bond donors (Lipinski definition) is 0. The molecule has 0 unspecified atom stereocenters. The fourth-order valence-electron chi connectivity index (χ4n) is 2.87. The number of fused-ring (bicyclic) bond motifs is 1. The van der Waals surface area contributed by atoms with Crippen LogP contribution < -0.4 is 5.63 Å². The minimum absolute atomic E-state index is 0.349. The van der Waals surface area contributed by atoms with Crippen LogP contribution in [0.1, 0.15) is 16.7 Å². The third-order valence-electron chi connectivity index (χ3n) is 4.40. The summed E-state index contributed by atoms with van der Waals surface area (Å²) < 4.78 is 7.24. The van der Waals surface area contributed by atoms with Gasteiger partial charge in [-0.25, -0.2) is 4.79 Å². The van der Waals surface area contributed by atoms with Gasteiger partial charge < -0.3 is 4.42 Å². The summed E-state index contributed by atoms with van der Waals surface area (Å²) in [6.07, 6.45) is 1.65. The first-order valence-corrected chi connectivity index (χ1v) is 9.70. The second-order valence-electron chi connectivity index (χ2n) is 6.28. The van der Waals surface area contributed by atoms with Crippen LogP contribution in [0.2, 0.25) is 5.02 Å². The van der Waals surface area contributed by atoms with Gasteiger partial charge in [-0.1, -0.05) is 29.4 Å². The Labute approximate surface area is 165 Å². The average molecular weight is 398 g/mol. The minimum atomic E-state index is -0.349. The molecule has 4 rings (SSSR count). The van der Waals surface area contributed by atoms with Gasteiger partial charge in [-0.15, -0.1) is 10.2 Å². The lowest BCUT2D eigenvalue weighted by atomic mass is 10.0. The van der Waals surface area contributed by atoms with E-state index in [0.717, 1.165) is 32.9 Å². The Hall–Kier alpha value is -2.57. The summed E-state index contributed by atoms with van der Waals surface area (Å²) in [4.78, 5) is 12.0. The average Bonchev–Trinajstić information content (AvgIpc) is 3.10. The fourth-order valence-corrected chi connectivity index (χ4v) is 3.98. The van der Waals surface area contributed by atoms with Crippen molar-refractivity contribution in [3.8, 4) is 5.69 Å². The van der Waals surface area contributed by atoms with Crippen LogP contribution in [0.25, 0.3) is 16.7 Å². The van der Waals surface area contributed by atoms with E-state index in [0.29, 0.717) is 16.4 Å². The second-order valence-corrected chi connectivity index (χ2v) is 7.65. The van der Waals surface area contributed by atoms with Crippen molar-refractivity contribution in [1.82, 2.24) is 14.8 Å². The van der Waals surface area contributed by atoms with Gasteiger partial charge in [0.1, 0.15) is 11.9 Å². The standard InChI is InChI=1S/C20H16ClN3O2S/c1-12-6-17-14(8-19(25)26-18(17)7-13(12)2)10-27-20-23-22-11-24(20)16-5-3-4-15(21)9-16/h3-9,11H,10H2,1-2H3. The normalized spacial score (nSPS) is 11.2. The van der Waals surface area contributed by atoms with Crippen molar-refractivity contribution in [2.75, 3.05) is 0 Å². The molecule has 0 fully saturated rings. The number of aryl methyl sites for hydroxylation is 2. The van der Waals surface area contributed by atoms with Crippen LogP contribution in [0.15, 0.2) is 63.2 Å². The van der Waals surface area contributed by atoms with Crippen LogP contribution in [0.3, 0.4) is 0 Å². The molecule has 0 bridgehead atoms. The van der Waals surface area contributed by atoms with Crippen LogP contribution >= 0.6 is 23.4 Å². The maximum atomic E-state index is 12.0. The maximum absolute atomic E-state index is 12.0. The van der Waals surface area contributed by atoms with Gasteiger partial charge in [0.15, 0.2) is 5.16 Å². The Morgan fingerprint density at radius 3 is 2.78 bits per heavy atom. The number of rotatable bonds is 4. The first kappa shape index (κ1) is 17.8. The van der Waals surface area contributed by atoms with Gasteiger partial charge in [0.05, 0.1) is 5.69 Å². The third-order valence-corrected chi connectivity index (χ3v) is 5.63. The quantitative estimate of drug-likeness (QED) is 0.360. The van der Waals surface area contributed by atoms with E-state index >= 15 is 0 Å². The molecule has 0 spiro atoms. The van der Waals surface area contributed by atoms with Gasteiger partial charge in [0.2, 0.25) is 0 Å². The number of aromatic nitrogens is 3. The van der Waals surface area contributed by atoms with E-state index in [-0.39, 0.29) is 5.63 Å². The molecular formula is C20H16ClN3O2S. The first-order valence-electron chi connectivity index (χ1n) is 8.34. The van der Waals surface area contributed by atoms with Gasteiger partial charge in [-0.3, -0.25) is 4.57 Å². The highest BCUT2D eigenvalue weighted by atomic mass is 35.5. The van der Waals surface area contributed by atoms with Crippen molar-refractivity contribution in [2.24, 2.45) is 0 Å². The molecule has 0 aliphatic carbocycles. The van der Waals surface area contributed by atoms with Gasteiger partial charge in [0.25, 0.3) is 0 Å². The lowest BCUT2D eigenvalue weighted by Crippen LogP contribution is -2.01. The van der Waals surface area contributed by atoms with Crippen LogP contribution in [0, 0.1) is 13.8 Å². The summed E-state index contributed by atoms with van der Waals surface area (Å²) in [7, 11) is 0. The highest BCUT2D eigenvalue weighted by molar-refractivity contribution is 7.98. The summed E-state index contributed by atoms with van der Waals surface area (Å²) in [6.45, 7) is 4.05. The molecule has 0 N–H and O–H groups in total.